The Kier molecular flexibility index (Phi) is 15.9. The Morgan fingerprint density at radius 2 is 1.59 bits per heavy atom. The summed E-state index contributed by atoms with van der Waals surface area (Å²) in [6, 6.07) is 7.32. The van der Waals surface area contributed by atoms with Crippen LogP contribution >= 0.6 is 24.2 Å². The number of para-hydroxylation sites is 1. The molecule has 0 bridgehead atoms. The lowest BCUT2D eigenvalue weighted by molar-refractivity contribution is -0.136. The minimum absolute atomic E-state index is 0. The van der Waals surface area contributed by atoms with Crippen molar-refractivity contribution < 1.29 is 27.5 Å². The van der Waals surface area contributed by atoms with Gasteiger partial charge in [-0.25, -0.2) is 9.78 Å². The lowest BCUT2D eigenvalue weighted by Gasteiger charge is -2.36. The molecule has 1 fully saturated rings. The van der Waals surface area contributed by atoms with Crippen LogP contribution in [0.25, 0.3) is 11.1 Å². The Labute approximate surface area is 299 Å². The molecule has 2 N–H and O–H groups in total. The number of thioether (sulfide) groups is 1. The Bertz CT molecular complexity index is 1450. The zero-order valence-electron chi connectivity index (χ0n) is 29.4. The monoisotopic (exact) mass is 727 g/mol. The third-order valence-electron chi connectivity index (χ3n) is 8.96. The van der Waals surface area contributed by atoms with E-state index in [1.807, 2.05) is 4.90 Å². The average Bonchev–Trinajstić information content (AvgIpc) is 3.46. The number of benzene rings is 2. The van der Waals surface area contributed by atoms with E-state index in [0.717, 1.165) is 75.0 Å². The summed E-state index contributed by atoms with van der Waals surface area (Å²) in [6.45, 7) is 16.9. The molecule has 0 radical (unpaired) electrons. The molecular weight excluding hydrogens is 675 g/mol. The number of alkyl halides is 3. The zero-order chi connectivity index (χ0) is 34.8. The summed E-state index contributed by atoms with van der Waals surface area (Å²) >= 11 is 1.33. The molecule has 0 aliphatic carbocycles. The maximum Gasteiger partial charge on any atom is 0.420 e. The fourth-order valence-corrected chi connectivity index (χ4v) is 6.94. The number of halogens is 4. The molecule has 1 aliphatic rings. The second kappa shape index (κ2) is 19.1. The minimum Gasteiger partial charge on any atom is -0.508 e. The third-order valence-corrected chi connectivity index (χ3v) is 9.77. The molecule has 49 heavy (non-hydrogen) atoms. The van der Waals surface area contributed by atoms with Crippen molar-refractivity contribution in [3.8, 4) is 5.75 Å². The maximum atomic E-state index is 13.8. The van der Waals surface area contributed by atoms with Gasteiger partial charge in [0.15, 0.2) is 5.58 Å². The van der Waals surface area contributed by atoms with Crippen molar-refractivity contribution in [1.82, 2.24) is 19.7 Å². The molecule has 2 aromatic carbocycles. The highest BCUT2D eigenvalue weighted by atomic mass is 35.5. The number of unbranched alkanes of at least 4 members (excludes halogenated alkanes) is 4. The van der Waals surface area contributed by atoms with E-state index in [9.17, 15) is 23.1 Å². The molecule has 274 valence electrons. The summed E-state index contributed by atoms with van der Waals surface area (Å²) in [4.78, 5) is 24.7. The van der Waals surface area contributed by atoms with E-state index >= 15 is 0 Å². The van der Waals surface area contributed by atoms with Crippen LogP contribution in [0, 0.1) is 0 Å². The standard InChI is InChI=1S/C36H52F3N5O3S.ClH/c1-6-7-8-9-10-14-44(34(46)41-32-28(25(2)3)23-27(45)24-29(32)26(4)5)20-19-42-15-17-43(18-16-42)21-22-48-35-40-31-13-11-12-30(33(31)47-35)36(37,38)39;/h11-13,23-26,45H,6-10,14-22H2,1-5H3,(H,41,46);1H. The molecule has 1 aliphatic heterocycles. The highest BCUT2D eigenvalue weighted by molar-refractivity contribution is 7.99. The van der Waals surface area contributed by atoms with E-state index in [1.54, 1.807) is 12.1 Å². The van der Waals surface area contributed by atoms with Crippen molar-refractivity contribution in [2.45, 2.75) is 90.0 Å². The van der Waals surface area contributed by atoms with E-state index in [2.05, 4.69) is 54.7 Å². The number of nitrogens with one attached hydrogen (secondary N) is 1. The van der Waals surface area contributed by atoms with Crippen LogP contribution in [-0.2, 0) is 6.18 Å². The first-order valence-electron chi connectivity index (χ1n) is 17.3. The highest BCUT2D eigenvalue weighted by Crippen LogP contribution is 2.37. The lowest BCUT2D eigenvalue weighted by Crippen LogP contribution is -2.49. The molecule has 0 atom stereocenters. The summed E-state index contributed by atoms with van der Waals surface area (Å²) in [5, 5.41) is 13.9. The number of urea groups is 1. The van der Waals surface area contributed by atoms with Gasteiger partial charge in [-0.3, -0.25) is 9.80 Å². The van der Waals surface area contributed by atoms with Gasteiger partial charge in [-0.05, 0) is 53.6 Å². The van der Waals surface area contributed by atoms with E-state index in [4.69, 9.17) is 4.42 Å². The van der Waals surface area contributed by atoms with E-state index in [-0.39, 0.29) is 52.3 Å². The van der Waals surface area contributed by atoms with Crippen LogP contribution in [0.3, 0.4) is 0 Å². The Morgan fingerprint density at radius 1 is 0.980 bits per heavy atom. The quantitative estimate of drug-likeness (QED) is 0.0864. The molecule has 0 unspecified atom stereocenters. The zero-order valence-corrected chi connectivity index (χ0v) is 31.1. The number of phenols is 1. The molecule has 0 saturated carbocycles. The first kappa shape index (κ1) is 40.8. The van der Waals surface area contributed by atoms with Gasteiger partial charge in [-0.15, -0.1) is 12.4 Å². The van der Waals surface area contributed by atoms with Gasteiger partial charge in [-0.1, -0.05) is 78.1 Å². The van der Waals surface area contributed by atoms with E-state index in [0.29, 0.717) is 18.8 Å². The number of nitrogens with zero attached hydrogens (tertiary/aromatic N) is 4. The average molecular weight is 728 g/mol. The first-order chi connectivity index (χ1) is 22.9. The predicted octanol–water partition coefficient (Wildman–Crippen LogP) is 9.43. The van der Waals surface area contributed by atoms with Gasteiger partial charge >= 0.3 is 12.2 Å². The summed E-state index contributed by atoms with van der Waals surface area (Å²) < 4.78 is 45.5. The van der Waals surface area contributed by atoms with Gasteiger partial charge in [0.2, 0.25) is 0 Å². The number of piperazine rings is 1. The smallest absolute Gasteiger partial charge is 0.420 e. The van der Waals surface area contributed by atoms with Crippen molar-refractivity contribution in [2.24, 2.45) is 0 Å². The molecule has 0 spiro atoms. The van der Waals surface area contributed by atoms with E-state index < -0.39 is 11.7 Å². The van der Waals surface area contributed by atoms with Crippen LogP contribution in [0.15, 0.2) is 40.0 Å². The van der Waals surface area contributed by atoms with E-state index in [1.165, 1.54) is 43.2 Å². The number of fused-ring (bicyclic) bond motifs is 1. The second-order valence-corrected chi connectivity index (χ2v) is 14.3. The summed E-state index contributed by atoms with van der Waals surface area (Å²) in [7, 11) is 0. The number of hydrogen-bond donors (Lipinski definition) is 2. The summed E-state index contributed by atoms with van der Waals surface area (Å²) in [5.41, 5.74) is 1.88. The number of anilines is 1. The number of aromatic hydroxyl groups is 1. The van der Waals surface area contributed by atoms with Gasteiger partial charge < -0.3 is 19.7 Å². The van der Waals surface area contributed by atoms with Crippen LogP contribution in [-0.4, -0.2) is 88.9 Å². The number of oxazole rings is 1. The fourth-order valence-electron chi connectivity index (χ4n) is 6.11. The normalized spacial score (nSPS) is 14.5. The Hall–Kier alpha value is -2.67. The van der Waals surface area contributed by atoms with Crippen molar-refractivity contribution in [2.75, 3.05) is 63.4 Å². The van der Waals surface area contributed by atoms with Crippen LogP contribution in [0.5, 0.6) is 5.75 Å². The highest BCUT2D eigenvalue weighted by Gasteiger charge is 2.34. The topological polar surface area (TPSA) is 85.1 Å². The molecule has 2 amide bonds. The number of amides is 2. The molecule has 4 rings (SSSR count). The SMILES string of the molecule is CCCCCCCN(CCN1CCN(CCSc2nc3cccc(C(F)(F)F)c3o2)CC1)C(=O)Nc1c(C(C)C)cc(O)cc1C(C)C.Cl. The number of carbonyl (C=O) groups is 1. The van der Waals surface area contributed by atoms with Gasteiger partial charge in [0, 0.05) is 63.8 Å². The number of phenolic OH excluding ortho intramolecular Hbond substituents is 1. The first-order valence-corrected chi connectivity index (χ1v) is 18.3. The number of aromatic nitrogens is 1. The fraction of sp³-hybridized carbons (Fsp3) is 0.611. The largest absolute Gasteiger partial charge is 0.508 e. The van der Waals surface area contributed by atoms with Crippen LogP contribution in [0.4, 0.5) is 23.7 Å². The van der Waals surface area contributed by atoms with Gasteiger partial charge in [0.25, 0.3) is 5.22 Å². The molecule has 1 saturated heterocycles. The second-order valence-electron chi connectivity index (χ2n) is 13.3. The molecule has 3 aromatic rings. The molecule has 8 nitrogen and oxygen atoms in total. The van der Waals surface area contributed by atoms with Gasteiger partial charge in [0.05, 0.1) is 0 Å². The van der Waals surface area contributed by atoms with Gasteiger partial charge in [-0.2, -0.15) is 13.2 Å². The van der Waals surface area contributed by atoms with Crippen molar-refractivity contribution >= 4 is 47.0 Å². The Morgan fingerprint density at radius 3 is 2.18 bits per heavy atom. The lowest BCUT2D eigenvalue weighted by atomic mass is 9.92. The summed E-state index contributed by atoms with van der Waals surface area (Å²) in [5.74, 6) is 1.16. The van der Waals surface area contributed by atoms with Gasteiger partial charge in [0.1, 0.15) is 16.8 Å². The predicted molar refractivity (Wildman–Crippen MR) is 195 cm³/mol. The molecule has 13 heteroatoms. The number of rotatable bonds is 16. The Balaban J connectivity index is 0.00000650. The van der Waals surface area contributed by atoms with Crippen LogP contribution in [0.2, 0.25) is 0 Å². The van der Waals surface area contributed by atoms with Crippen molar-refractivity contribution in [1.29, 1.82) is 0 Å². The molecule has 2 heterocycles. The summed E-state index contributed by atoms with van der Waals surface area (Å²) in [6.07, 6.45) is 1.10. The maximum absolute atomic E-state index is 13.8. The third kappa shape index (κ3) is 11.7. The molecular formula is C36H53ClF3N5O3S. The van der Waals surface area contributed by atoms with Crippen molar-refractivity contribution in [3.05, 3.63) is 47.0 Å². The number of carbonyl (C=O) groups excluding carboxylic acids is 1. The number of hydrogen-bond acceptors (Lipinski definition) is 7. The van der Waals surface area contributed by atoms with Crippen LogP contribution < -0.4 is 5.32 Å². The molecule has 1 aromatic heterocycles. The minimum atomic E-state index is -4.49. The van der Waals surface area contributed by atoms with Crippen molar-refractivity contribution in [3.63, 3.8) is 0 Å². The van der Waals surface area contributed by atoms with Crippen LogP contribution in [0.1, 0.15) is 95.2 Å².